The Morgan fingerprint density at radius 2 is 1.93 bits per heavy atom. The van der Waals surface area contributed by atoms with Crippen molar-refractivity contribution in [2.24, 2.45) is 5.73 Å². The lowest BCUT2D eigenvalue weighted by atomic mass is 10.0. The van der Waals surface area contributed by atoms with Crippen LogP contribution in [0.4, 0.5) is 0 Å². The van der Waals surface area contributed by atoms with Crippen LogP contribution in [0.3, 0.4) is 0 Å². The van der Waals surface area contributed by atoms with Gasteiger partial charge in [0.2, 0.25) is 0 Å². The van der Waals surface area contributed by atoms with Crippen molar-refractivity contribution in [3.8, 4) is 11.3 Å². The number of benzene rings is 1. The first-order valence-electron chi connectivity index (χ1n) is 5.30. The van der Waals surface area contributed by atoms with E-state index in [1.807, 2.05) is 12.3 Å². The van der Waals surface area contributed by atoms with Crippen molar-refractivity contribution in [1.82, 2.24) is 4.98 Å². The summed E-state index contributed by atoms with van der Waals surface area (Å²) in [5, 5.41) is 0. The standard InChI is InChI=1S/C13H16N2/c1-2-12(14)10-5-7-11(8-6-10)13-4-3-9-15-13/h3-9,12,15H,2,14H2,1H3. The average Bonchev–Trinajstić information content (AvgIpc) is 2.82. The third-order valence-electron chi connectivity index (χ3n) is 2.69. The number of hydrogen-bond donors (Lipinski definition) is 2. The molecule has 0 saturated carbocycles. The van der Waals surface area contributed by atoms with Gasteiger partial charge in [0.05, 0.1) is 0 Å². The molecule has 1 aromatic carbocycles. The van der Waals surface area contributed by atoms with E-state index in [0.717, 1.165) is 12.1 Å². The maximum atomic E-state index is 5.96. The molecule has 0 saturated heterocycles. The van der Waals surface area contributed by atoms with E-state index in [1.54, 1.807) is 0 Å². The van der Waals surface area contributed by atoms with Crippen molar-refractivity contribution in [3.05, 3.63) is 48.2 Å². The molecule has 0 fully saturated rings. The van der Waals surface area contributed by atoms with Crippen LogP contribution in [-0.2, 0) is 0 Å². The van der Waals surface area contributed by atoms with Crippen molar-refractivity contribution >= 4 is 0 Å². The van der Waals surface area contributed by atoms with Crippen LogP contribution in [0.1, 0.15) is 24.9 Å². The summed E-state index contributed by atoms with van der Waals surface area (Å²) in [5.74, 6) is 0. The lowest BCUT2D eigenvalue weighted by Crippen LogP contribution is -2.08. The third-order valence-corrected chi connectivity index (χ3v) is 2.69. The quantitative estimate of drug-likeness (QED) is 0.785. The fourth-order valence-corrected chi connectivity index (χ4v) is 1.66. The van der Waals surface area contributed by atoms with Gasteiger partial charge < -0.3 is 10.7 Å². The Morgan fingerprint density at radius 3 is 2.47 bits per heavy atom. The molecule has 2 rings (SSSR count). The molecule has 78 valence electrons. The fraction of sp³-hybridized carbons (Fsp3) is 0.231. The number of H-pyrrole nitrogens is 1. The van der Waals surface area contributed by atoms with E-state index in [2.05, 4.69) is 42.2 Å². The lowest BCUT2D eigenvalue weighted by Gasteiger charge is -2.09. The summed E-state index contributed by atoms with van der Waals surface area (Å²) >= 11 is 0. The molecule has 0 aliphatic heterocycles. The second-order valence-electron chi connectivity index (χ2n) is 3.72. The summed E-state index contributed by atoms with van der Waals surface area (Å²) in [7, 11) is 0. The normalized spacial score (nSPS) is 12.7. The zero-order valence-corrected chi connectivity index (χ0v) is 8.90. The van der Waals surface area contributed by atoms with Crippen LogP contribution in [0.15, 0.2) is 42.6 Å². The molecule has 0 aliphatic rings. The van der Waals surface area contributed by atoms with Gasteiger partial charge in [0.1, 0.15) is 0 Å². The Bertz CT molecular complexity index is 401. The van der Waals surface area contributed by atoms with Crippen LogP contribution in [-0.4, -0.2) is 4.98 Å². The van der Waals surface area contributed by atoms with E-state index in [-0.39, 0.29) is 6.04 Å². The molecular formula is C13H16N2. The van der Waals surface area contributed by atoms with Gasteiger partial charge >= 0.3 is 0 Å². The molecular weight excluding hydrogens is 184 g/mol. The van der Waals surface area contributed by atoms with Crippen LogP contribution < -0.4 is 5.73 Å². The number of rotatable bonds is 3. The van der Waals surface area contributed by atoms with Gasteiger partial charge in [-0.3, -0.25) is 0 Å². The van der Waals surface area contributed by atoms with Crippen molar-refractivity contribution in [1.29, 1.82) is 0 Å². The minimum atomic E-state index is 0.155. The summed E-state index contributed by atoms with van der Waals surface area (Å²) in [6, 6.07) is 12.6. The van der Waals surface area contributed by atoms with Crippen molar-refractivity contribution in [3.63, 3.8) is 0 Å². The van der Waals surface area contributed by atoms with E-state index in [9.17, 15) is 0 Å². The van der Waals surface area contributed by atoms with Gasteiger partial charge in [0.15, 0.2) is 0 Å². The Balaban J connectivity index is 2.25. The lowest BCUT2D eigenvalue weighted by molar-refractivity contribution is 0.699. The summed E-state index contributed by atoms with van der Waals surface area (Å²) in [4.78, 5) is 3.18. The molecule has 0 bridgehead atoms. The van der Waals surface area contributed by atoms with E-state index in [4.69, 9.17) is 5.73 Å². The smallest absolute Gasteiger partial charge is 0.0453 e. The summed E-state index contributed by atoms with van der Waals surface area (Å²) in [6.45, 7) is 2.10. The molecule has 2 aromatic rings. The number of hydrogen-bond acceptors (Lipinski definition) is 1. The van der Waals surface area contributed by atoms with Gasteiger partial charge in [-0.05, 0) is 29.7 Å². The highest BCUT2D eigenvalue weighted by molar-refractivity contribution is 5.59. The second-order valence-corrected chi connectivity index (χ2v) is 3.72. The Kier molecular flexibility index (Phi) is 2.88. The maximum absolute atomic E-state index is 5.96. The van der Waals surface area contributed by atoms with E-state index < -0.39 is 0 Å². The third kappa shape index (κ3) is 2.10. The summed E-state index contributed by atoms with van der Waals surface area (Å²) in [6.07, 6.45) is 2.91. The van der Waals surface area contributed by atoms with Gasteiger partial charge in [0, 0.05) is 17.9 Å². The molecule has 2 nitrogen and oxygen atoms in total. The van der Waals surface area contributed by atoms with E-state index >= 15 is 0 Å². The summed E-state index contributed by atoms with van der Waals surface area (Å²) < 4.78 is 0. The highest BCUT2D eigenvalue weighted by Crippen LogP contribution is 2.20. The van der Waals surface area contributed by atoms with Crippen molar-refractivity contribution in [2.75, 3.05) is 0 Å². The van der Waals surface area contributed by atoms with Crippen LogP contribution in [0.2, 0.25) is 0 Å². The molecule has 0 amide bonds. The number of nitrogens with one attached hydrogen (secondary N) is 1. The first-order valence-corrected chi connectivity index (χ1v) is 5.30. The second kappa shape index (κ2) is 4.32. The molecule has 2 heteroatoms. The first-order chi connectivity index (χ1) is 7.31. The number of nitrogens with two attached hydrogens (primary N) is 1. The van der Waals surface area contributed by atoms with Gasteiger partial charge in [-0.25, -0.2) is 0 Å². The van der Waals surface area contributed by atoms with E-state index in [1.165, 1.54) is 11.1 Å². The molecule has 0 aliphatic carbocycles. The predicted octanol–water partition coefficient (Wildman–Crippen LogP) is 3.09. The van der Waals surface area contributed by atoms with Crippen LogP contribution in [0.5, 0.6) is 0 Å². The zero-order chi connectivity index (χ0) is 10.7. The molecule has 1 atom stereocenters. The van der Waals surface area contributed by atoms with Gasteiger partial charge in [-0.15, -0.1) is 0 Å². The van der Waals surface area contributed by atoms with Crippen molar-refractivity contribution in [2.45, 2.75) is 19.4 Å². The minimum absolute atomic E-state index is 0.155. The molecule has 0 radical (unpaired) electrons. The number of aromatic nitrogens is 1. The molecule has 1 aromatic heterocycles. The largest absolute Gasteiger partial charge is 0.361 e. The highest BCUT2D eigenvalue weighted by Gasteiger charge is 2.03. The zero-order valence-electron chi connectivity index (χ0n) is 8.90. The van der Waals surface area contributed by atoms with Crippen LogP contribution in [0.25, 0.3) is 11.3 Å². The SMILES string of the molecule is CCC(N)c1ccc(-c2ccc[nH]2)cc1. The number of aromatic amines is 1. The van der Waals surface area contributed by atoms with Gasteiger partial charge in [-0.2, -0.15) is 0 Å². The highest BCUT2D eigenvalue weighted by atomic mass is 14.7. The maximum Gasteiger partial charge on any atom is 0.0453 e. The Morgan fingerprint density at radius 1 is 1.20 bits per heavy atom. The molecule has 15 heavy (non-hydrogen) atoms. The predicted molar refractivity (Wildman–Crippen MR) is 63.4 cm³/mol. The average molecular weight is 200 g/mol. The van der Waals surface area contributed by atoms with E-state index in [0.29, 0.717) is 0 Å². The van der Waals surface area contributed by atoms with Gasteiger partial charge in [-0.1, -0.05) is 31.2 Å². The first kappa shape index (κ1) is 9.99. The van der Waals surface area contributed by atoms with Crippen LogP contribution >= 0.6 is 0 Å². The summed E-state index contributed by atoms with van der Waals surface area (Å²) in [5.41, 5.74) is 9.50. The monoisotopic (exact) mass is 200 g/mol. The minimum Gasteiger partial charge on any atom is -0.361 e. The molecule has 3 N–H and O–H groups in total. The molecule has 0 spiro atoms. The Labute approximate surface area is 90.1 Å². The Hall–Kier alpha value is -1.54. The topological polar surface area (TPSA) is 41.8 Å². The molecule has 1 heterocycles. The van der Waals surface area contributed by atoms with Crippen molar-refractivity contribution < 1.29 is 0 Å². The van der Waals surface area contributed by atoms with Gasteiger partial charge in [0.25, 0.3) is 0 Å². The van der Waals surface area contributed by atoms with Crippen LogP contribution in [0, 0.1) is 0 Å². The fourth-order valence-electron chi connectivity index (χ4n) is 1.66. The molecule has 1 unspecified atom stereocenters.